The normalized spacial score (nSPS) is 18.8. The number of nitrogens with one attached hydrogen (secondary N) is 1. The number of benzene rings is 1. The number of carbonyl (C=O) groups excluding carboxylic acids is 1. The number of carbonyl (C=O) groups is 1. The Morgan fingerprint density at radius 1 is 1.31 bits per heavy atom. The first-order valence-electron chi connectivity index (χ1n) is 10.4. The fourth-order valence-electron chi connectivity index (χ4n) is 3.64. The largest absolute Gasteiger partial charge is 0.481 e. The van der Waals surface area contributed by atoms with E-state index < -0.39 is 16.1 Å². The third-order valence-electron chi connectivity index (χ3n) is 5.52. The molecule has 2 atom stereocenters. The summed E-state index contributed by atoms with van der Waals surface area (Å²) in [4.78, 5) is 14.8. The lowest BCUT2D eigenvalue weighted by Gasteiger charge is -2.35. The van der Waals surface area contributed by atoms with E-state index in [4.69, 9.17) is 4.74 Å². The van der Waals surface area contributed by atoms with Crippen molar-refractivity contribution in [3.05, 3.63) is 24.3 Å². The second-order valence-corrected chi connectivity index (χ2v) is 9.74. The molecule has 0 aromatic heterocycles. The number of hydrogen-bond donors (Lipinski definition) is 1. The van der Waals surface area contributed by atoms with Crippen LogP contribution in [-0.2, 0) is 14.8 Å². The number of nitrogens with zero attached hydrogens (tertiary/aromatic N) is 2. The monoisotopic (exact) mass is 425 g/mol. The van der Waals surface area contributed by atoms with Crippen LogP contribution in [0.2, 0.25) is 0 Å². The van der Waals surface area contributed by atoms with Crippen molar-refractivity contribution in [2.45, 2.75) is 58.1 Å². The minimum atomic E-state index is -3.31. The minimum absolute atomic E-state index is 0.145. The van der Waals surface area contributed by atoms with E-state index in [2.05, 4.69) is 17.1 Å². The number of ether oxygens (including phenoxy) is 1. The van der Waals surface area contributed by atoms with E-state index in [1.54, 1.807) is 31.2 Å². The number of sulfonamides is 1. The van der Waals surface area contributed by atoms with Gasteiger partial charge in [0.2, 0.25) is 10.0 Å². The summed E-state index contributed by atoms with van der Waals surface area (Å²) >= 11 is 0. The Morgan fingerprint density at radius 2 is 2.00 bits per heavy atom. The highest BCUT2D eigenvalue weighted by atomic mass is 32.2. The van der Waals surface area contributed by atoms with Gasteiger partial charge in [0.15, 0.2) is 6.10 Å². The maximum Gasteiger partial charge on any atom is 0.260 e. The topological polar surface area (TPSA) is 79.0 Å². The predicted molar refractivity (Wildman–Crippen MR) is 117 cm³/mol. The standard InChI is InChI=1S/C21H35N3O4S/c1-5-18-9-6-7-15-24(18)16-8-14-22-21(25)17(2)28-20-12-10-19(11-13-20)23(3)29(4,26)27/h10-13,17-18H,5-9,14-16H2,1-4H3,(H,22,25)/t17-,18-/m1/s1. The number of piperidine rings is 1. The van der Waals surface area contributed by atoms with Crippen LogP contribution in [0.3, 0.4) is 0 Å². The lowest BCUT2D eigenvalue weighted by Crippen LogP contribution is -2.41. The average molecular weight is 426 g/mol. The molecule has 1 aliphatic heterocycles. The number of amides is 1. The van der Waals surface area contributed by atoms with Crippen molar-refractivity contribution in [2.24, 2.45) is 0 Å². The molecule has 1 N–H and O–H groups in total. The van der Waals surface area contributed by atoms with E-state index in [1.807, 2.05) is 0 Å². The van der Waals surface area contributed by atoms with Gasteiger partial charge in [-0.25, -0.2) is 8.42 Å². The first-order valence-corrected chi connectivity index (χ1v) is 12.3. The molecular weight excluding hydrogens is 390 g/mol. The van der Waals surface area contributed by atoms with Gasteiger partial charge in [-0.3, -0.25) is 9.10 Å². The predicted octanol–water partition coefficient (Wildman–Crippen LogP) is 2.62. The molecular formula is C21H35N3O4S. The zero-order valence-corrected chi connectivity index (χ0v) is 18.9. The van der Waals surface area contributed by atoms with Gasteiger partial charge in [0, 0.05) is 26.2 Å². The fraction of sp³-hybridized carbons (Fsp3) is 0.667. The highest BCUT2D eigenvalue weighted by Crippen LogP contribution is 2.21. The highest BCUT2D eigenvalue weighted by molar-refractivity contribution is 7.92. The van der Waals surface area contributed by atoms with Crippen LogP contribution in [0.25, 0.3) is 0 Å². The molecule has 0 aliphatic carbocycles. The molecule has 1 amide bonds. The third kappa shape index (κ3) is 7.19. The van der Waals surface area contributed by atoms with Crippen molar-refractivity contribution < 1.29 is 17.9 Å². The van der Waals surface area contributed by atoms with Gasteiger partial charge in [-0.1, -0.05) is 13.3 Å². The Kier molecular flexibility index (Phi) is 8.77. The molecule has 0 saturated carbocycles. The van der Waals surface area contributed by atoms with Gasteiger partial charge in [-0.2, -0.15) is 0 Å². The van der Waals surface area contributed by atoms with E-state index in [1.165, 1.54) is 37.0 Å². The zero-order valence-electron chi connectivity index (χ0n) is 18.1. The van der Waals surface area contributed by atoms with Gasteiger partial charge in [0.25, 0.3) is 5.91 Å². The molecule has 29 heavy (non-hydrogen) atoms. The van der Waals surface area contributed by atoms with Crippen LogP contribution < -0.4 is 14.4 Å². The van der Waals surface area contributed by atoms with Crippen molar-refractivity contribution >= 4 is 21.6 Å². The Labute approximate surface area is 175 Å². The van der Waals surface area contributed by atoms with Gasteiger partial charge in [-0.05, 0) is 63.4 Å². The van der Waals surface area contributed by atoms with E-state index in [-0.39, 0.29) is 5.91 Å². The summed E-state index contributed by atoms with van der Waals surface area (Å²) in [5, 5.41) is 2.95. The number of rotatable bonds is 10. The quantitative estimate of drug-likeness (QED) is 0.583. The van der Waals surface area contributed by atoms with E-state index in [0.29, 0.717) is 24.0 Å². The number of likely N-dealkylation sites (tertiary alicyclic amines) is 1. The van der Waals surface area contributed by atoms with Crippen LogP contribution in [-0.4, -0.2) is 64.3 Å². The van der Waals surface area contributed by atoms with Crippen molar-refractivity contribution in [1.82, 2.24) is 10.2 Å². The van der Waals surface area contributed by atoms with Crippen molar-refractivity contribution in [3.8, 4) is 5.75 Å². The second kappa shape index (κ2) is 10.8. The molecule has 2 rings (SSSR count). The number of anilines is 1. The summed E-state index contributed by atoms with van der Waals surface area (Å²) in [5.74, 6) is 0.380. The average Bonchev–Trinajstić information content (AvgIpc) is 2.70. The summed E-state index contributed by atoms with van der Waals surface area (Å²) < 4.78 is 30.0. The Hall–Kier alpha value is -1.80. The lowest BCUT2D eigenvalue weighted by molar-refractivity contribution is -0.127. The lowest BCUT2D eigenvalue weighted by atomic mass is 10.00. The van der Waals surface area contributed by atoms with Crippen LogP contribution >= 0.6 is 0 Å². The molecule has 1 aliphatic rings. The van der Waals surface area contributed by atoms with Crippen LogP contribution in [0.5, 0.6) is 5.75 Å². The first-order chi connectivity index (χ1) is 13.7. The molecule has 8 heteroatoms. The number of hydrogen-bond acceptors (Lipinski definition) is 5. The van der Waals surface area contributed by atoms with Crippen molar-refractivity contribution in [1.29, 1.82) is 0 Å². The molecule has 7 nitrogen and oxygen atoms in total. The summed E-state index contributed by atoms with van der Waals surface area (Å²) in [6.45, 7) is 6.77. The van der Waals surface area contributed by atoms with Crippen molar-refractivity contribution in [2.75, 3.05) is 37.2 Å². The van der Waals surface area contributed by atoms with Gasteiger partial charge in [-0.15, -0.1) is 0 Å². The van der Waals surface area contributed by atoms with E-state index in [0.717, 1.165) is 25.8 Å². The fourth-order valence-corrected chi connectivity index (χ4v) is 4.14. The van der Waals surface area contributed by atoms with Crippen molar-refractivity contribution in [3.63, 3.8) is 0 Å². The molecule has 164 valence electrons. The molecule has 1 fully saturated rings. The Balaban J connectivity index is 1.74. The summed E-state index contributed by atoms with van der Waals surface area (Å²) in [6.07, 6.45) is 6.53. The van der Waals surface area contributed by atoms with Gasteiger partial charge < -0.3 is 15.0 Å². The Bertz CT molecular complexity index is 752. The van der Waals surface area contributed by atoms with Gasteiger partial charge in [0.1, 0.15) is 5.75 Å². The van der Waals surface area contributed by atoms with Gasteiger partial charge >= 0.3 is 0 Å². The maximum atomic E-state index is 12.3. The smallest absolute Gasteiger partial charge is 0.260 e. The zero-order chi connectivity index (χ0) is 21.4. The third-order valence-corrected chi connectivity index (χ3v) is 6.73. The maximum absolute atomic E-state index is 12.3. The first kappa shape index (κ1) is 23.5. The molecule has 0 bridgehead atoms. The van der Waals surface area contributed by atoms with Crippen LogP contribution in [0.1, 0.15) is 46.0 Å². The SMILES string of the molecule is CC[C@@H]1CCCCN1CCCNC(=O)[C@@H](C)Oc1ccc(N(C)S(C)(=O)=O)cc1. The molecule has 0 radical (unpaired) electrons. The summed E-state index contributed by atoms with van der Waals surface area (Å²) in [6, 6.07) is 7.34. The Morgan fingerprint density at radius 3 is 2.62 bits per heavy atom. The summed E-state index contributed by atoms with van der Waals surface area (Å²) in [7, 11) is -1.81. The van der Waals surface area contributed by atoms with Crippen LogP contribution in [0, 0.1) is 0 Å². The second-order valence-electron chi connectivity index (χ2n) is 7.72. The molecule has 0 unspecified atom stereocenters. The van der Waals surface area contributed by atoms with Crippen LogP contribution in [0.4, 0.5) is 5.69 Å². The van der Waals surface area contributed by atoms with E-state index >= 15 is 0 Å². The molecule has 1 saturated heterocycles. The van der Waals surface area contributed by atoms with Crippen LogP contribution in [0.15, 0.2) is 24.3 Å². The molecule has 1 aromatic carbocycles. The van der Waals surface area contributed by atoms with E-state index in [9.17, 15) is 13.2 Å². The van der Waals surface area contributed by atoms with Gasteiger partial charge in [0.05, 0.1) is 11.9 Å². The molecule has 1 aromatic rings. The summed E-state index contributed by atoms with van der Waals surface area (Å²) in [5.41, 5.74) is 0.542. The molecule has 0 spiro atoms. The minimum Gasteiger partial charge on any atom is -0.481 e. The molecule has 1 heterocycles. The highest BCUT2D eigenvalue weighted by Gasteiger charge is 2.20.